The van der Waals surface area contributed by atoms with E-state index in [0.717, 1.165) is 25.5 Å². The number of nitrogens with zero attached hydrogens (tertiary/aromatic N) is 1. The monoisotopic (exact) mass is 367 g/mol. The molecule has 1 aromatic heterocycles. The first kappa shape index (κ1) is 10.4. The summed E-state index contributed by atoms with van der Waals surface area (Å²) in [5.74, 6) is -0.198. The highest BCUT2D eigenvalue weighted by Gasteiger charge is 2.10. The van der Waals surface area contributed by atoms with Gasteiger partial charge in [-0.2, -0.15) is 0 Å². The Morgan fingerprint density at radius 2 is 2.21 bits per heavy atom. The number of hydrogen-bond donors (Lipinski definition) is 0. The van der Waals surface area contributed by atoms with Crippen molar-refractivity contribution in [2.45, 2.75) is 13.5 Å². The van der Waals surface area contributed by atoms with Crippen LogP contribution in [0.2, 0.25) is 0 Å². The summed E-state index contributed by atoms with van der Waals surface area (Å²) >= 11 is 5.62. The molecule has 2 aromatic rings. The molecule has 0 unspecified atom stereocenters. The summed E-state index contributed by atoms with van der Waals surface area (Å²) in [7, 11) is 0. The van der Waals surface area contributed by atoms with Crippen molar-refractivity contribution >= 4 is 49.4 Å². The maximum absolute atomic E-state index is 13.1. The van der Waals surface area contributed by atoms with Gasteiger partial charge in [-0.25, -0.2) is 4.39 Å². The minimum atomic E-state index is -0.198. The Morgan fingerprint density at radius 3 is 2.86 bits per heavy atom. The van der Waals surface area contributed by atoms with Gasteiger partial charge >= 0.3 is 0 Å². The lowest BCUT2D eigenvalue weighted by Crippen LogP contribution is -1.91. The summed E-state index contributed by atoms with van der Waals surface area (Å²) in [5, 5.41) is 0.972. The van der Waals surface area contributed by atoms with Crippen LogP contribution >= 0.6 is 38.5 Å². The summed E-state index contributed by atoms with van der Waals surface area (Å²) in [6, 6.07) is 3.08. The molecule has 2 rings (SSSR count). The molecule has 0 aliphatic heterocycles. The molecule has 4 heteroatoms. The zero-order valence-corrected chi connectivity index (χ0v) is 11.3. The van der Waals surface area contributed by atoms with Gasteiger partial charge in [-0.05, 0) is 57.6 Å². The van der Waals surface area contributed by atoms with Gasteiger partial charge in [-0.1, -0.05) is 0 Å². The minimum Gasteiger partial charge on any atom is -0.346 e. The second-order valence-electron chi connectivity index (χ2n) is 3.05. The molecule has 0 bridgehead atoms. The first-order chi connectivity index (χ1) is 6.63. The second kappa shape index (κ2) is 3.81. The molecule has 0 aliphatic carbocycles. The molecule has 0 atom stereocenters. The Labute approximate surface area is 104 Å². The van der Waals surface area contributed by atoms with E-state index in [1.807, 2.05) is 6.20 Å². The third-order valence-electron chi connectivity index (χ3n) is 2.18. The van der Waals surface area contributed by atoms with E-state index >= 15 is 0 Å². The first-order valence-corrected chi connectivity index (χ1v) is 6.14. The van der Waals surface area contributed by atoms with Crippen LogP contribution in [0.1, 0.15) is 6.92 Å². The first-order valence-electron chi connectivity index (χ1n) is 4.27. The zero-order valence-electron chi connectivity index (χ0n) is 7.52. The molecule has 74 valence electrons. The van der Waals surface area contributed by atoms with E-state index in [-0.39, 0.29) is 5.82 Å². The molecule has 1 heterocycles. The van der Waals surface area contributed by atoms with Crippen LogP contribution < -0.4 is 0 Å². The van der Waals surface area contributed by atoms with Gasteiger partial charge in [0, 0.05) is 26.2 Å². The third-order valence-corrected chi connectivity index (χ3v) is 3.65. The van der Waals surface area contributed by atoms with E-state index in [2.05, 4.69) is 50.0 Å². The largest absolute Gasteiger partial charge is 0.346 e. The molecule has 1 nitrogen and oxygen atoms in total. The quantitative estimate of drug-likeness (QED) is 0.667. The average molecular weight is 368 g/mol. The van der Waals surface area contributed by atoms with Crippen LogP contribution in [-0.2, 0) is 6.54 Å². The fourth-order valence-corrected chi connectivity index (χ4v) is 2.97. The van der Waals surface area contributed by atoms with Crippen LogP contribution in [-0.4, -0.2) is 4.57 Å². The lowest BCUT2D eigenvalue weighted by molar-refractivity contribution is 0.628. The Hall–Kier alpha value is -0.100. The molecule has 14 heavy (non-hydrogen) atoms. The molecule has 0 fully saturated rings. The van der Waals surface area contributed by atoms with Crippen LogP contribution in [0.5, 0.6) is 0 Å². The topological polar surface area (TPSA) is 4.93 Å². The van der Waals surface area contributed by atoms with Crippen molar-refractivity contribution in [3.8, 4) is 0 Å². The van der Waals surface area contributed by atoms with Gasteiger partial charge in [0.05, 0.1) is 5.52 Å². The van der Waals surface area contributed by atoms with Crippen LogP contribution in [0.3, 0.4) is 0 Å². The van der Waals surface area contributed by atoms with Gasteiger partial charge < -0.3 is 4.57 Å². The SMILES string of the molecule is CCn1cc(I)c2cc(F)cc(Br)c21. The molecule has 0 saturated heterocycles. The zero-order chi connectivity index (χ0) is 10.3. The average Bonchev–Trinajstić information content (AvgIpc) is 2.43. The van der Waals surface area contributed by atoms with Gasteiger partial charge in [0.25, 0.3) is 0 Å². The van der Waals surface area contributed by atoms with Crippen molar-refractivity contribution < 1.29 is 4.39 Å². The van der Waals surface area contributed by atoms with Gasteiger partial charge in [0.2, 0.25) is 0 Å². The van der Waals surface area contributed by atoms with Crippen LogP contribution in [0.25, 0.3) is 10.9 Å². The normalized spacial score (nSPS) is 11.1. The molecular weight excluding hydrogens is 360 g/mol. The van der Waals surface area contributed by atoms with Crippen molar-refractivity contribution in [3.05, 3.63) is 32.2 Å². The number of aromatic nitrogens is 1. The molecule has 1 aromatic carbocycles. The van der Waals surface area contributed by atoms with Gasteiger partial charge in [-0.15, -0.1) is 0 Å². The Kier molecular flexibility index (Phi) is 2.83. The smallest absolute Gasteiger partial charge is 0.125 e. The highest BCUT2D eigenvalue weighted by molar-refractivity contribution is 14.1. The van der Waals surface area contributed by atoms with Crippen molar-refractivity contribution in [2.75, 3.05) is 0 Å². The van der Waals surface area contributed by atoms with Gasteiger partial charge in [-0.3, -0.25) is 0 Å². The van der Waals surface area contributed by atoms with E-state index in [1.54, 1.807) is 6.07 Å². The Morgan fingerprint density at radius 1 is 1.50 bits per heavy atom. The maximum Gasteiger partial charge on any atom is 0.125 e. The molecular formula is C10H8BrFIN. The van der Waals surface area contributed by atoms with E-state index in [1.165, 1.54) is 6.07 Å². The van der Waals surface area contributed by atoms with Gasteiger partial charge in [0.15, 0.2) is 0 Å². The van der Waals surface area contributed by atoms with E-state index in [9.17, 15) is 4.39 Å². The molecule has 0 aliphatic rings. The fraction of sp³-hybridized carbons (Fsp3) is 0.200. The van der Waals surface area contributed by atoms with E-state index in [0.29, 0.717) is 0 Å². The highest BCUT2D eigenvalue weighted by atomic mass is 127. The summed E-state index contributed by atoms with van der Waals surface area (Å²) < 4.78 is 17.2. The molecule has 0 N–H and O–H groups in total. The summed E-state index contributed by atoms with van der Waals surface area (Å²) in [5.41, 5.74) is 1.07. The van der Waals surface area contributed by atoms with E-state index in [4.69, 9.17) is 0 Å². The lowest BCUT2D eigenvalue weighted by atomic mass is 10.2. The molecule has 0 amide bonds. The van der Waals surface area contributed by atoms with E-state index < -0.39 is 0 Å². The Balaban J connectivity index is 2.89. The third kappa shape index (κ3) is 1.58. The Bertz CT molecular complexity index is 492. The number of hydrogen-bond acceptors (Lipinski definition) is 0. The molecule has 0 radical (unpaired) electrons. The van der Waals surface area contributed by atoms with Crippen LogP contribution in [0, 0.1) is 9.39 Å². The predicted octanol–water partition coefficient (Wildman–Crippen LogP) is 4.17. The summed E-state index contributed by atoms with van der Waals surface area (Å²) in [6.45, 7) is 2.97. The van der Waals surface area contributed by atoms with Gasteiger partial charge in [0.1, 0.15) is 5.82 Å². The lowest BCUT2D eigenvalue weighted by Gasteiger charge is -2.02. The van der Waals surface area contributed by atoms with Crippen LogP contribution in [0.4, 0.5) is 4.39 Å². The van der Waals surface area contributed by atoms with Crippen LogP contribution in [0.15, 0.2) is 22.8 Å². The van der Waals surface area contributed by atoms with Crippen molar-refractivity contribution in [1.29, 1.82) is 0 Å². The predicted molar refractivity (Wildman–Crippen MR) is 68.0 cm³/mol. The number of aryl methyl sites for hydroxylation is 1. The highest BCUT2D eigenvalue weighted by Crippen LogP contribution is 2.30. The number of benzene rings is 1. The summed E-state index contributed by atoms with van der Waals surface area (Å²) in [4.78, 5) is 0. The molecule has 0 saturated carbocycles. The maximum atomic E-state index is 13.1. The number of rotatable bonds is 1. The van der Waals surface area contributed by atoms with Crippen molar-refractivity contribution in [1.82, 2.24) is 4.57 Å². The standard InChI is InChI=1S/C10H8BrFIN/c1-2-14-5-9(13)7-3-6(12)4-8(11)10(7)14/h3-5H,2H2,1H3. The summed E-state index contributed by atoms with van der Waals surface area (Å²) in [6.07, 6.45) is 2.04. The molecule has 0 spiro atoms. The van der Waals surface area contributed by atoms with Crippen molar-refractivity contribution in [2.24, 2.45) is 0 Å². The fourth-order valence-electron chi connectivity index (χ4n) is 1.56. The van der Waals surface area contributed by atoms with Crippen molar-refractivity contribution in [3.63, 3.8) is 0 Å². The number of fused-ring (bicyclic) bond motifs is 1. The second-order valence-corrected chi connectivity index (χ2v) is 5.06. The minimum absolute atomic E-state index is 0.198. The number of halogens is 3.